The number of rotatable bonds is 7. The van der Waals surface area contributed by atoms with Gasteiger partial charge in [0, 0.05) is 32.6 Å². The molecular weight excluding hydrogens is 607 g/mol. The molecule has 2 aliphatic rings. The molecule has 3 heterocycles. The van der Waals surface area contributed by atoms with Crippen LogP contribution in [0.25, 0.3) is 0 Å². The Kier molecular flexibility index (Phi) is 8.65. The van der Waals surface area contributed by atoms with E-state index in [1.54, 1.807) is 23.1 Å². The predicted octanol–water partition coefficient (Wildman–Crippen LogP) is 6.76. The predicted molar refractivity (Wildman–Crippen MR) is 165 cm³/mol. The van der Waals surface area contributed by atoms with Crippen LogP contribution in [0.15, 0.2) is 78.9 Å². The average Bonchev–Trinajstić information content (AvgIpc) is 3.40. The van der Waals surface area contributed by atoms with Gasteiger partial charge in [0.2, 0.25) is 0 Å². The highest BCUT2D eigenvalue weighted by atomic mass is 35.5. The first-order chi connectivity index (χ1) is 21.7. The summed E-state index contributed by atoms with van der Waals surface area (Å²) in [6, 6.07) is 22.5. The molecule has 0 bridgehead atoms. The van der Waals surface area contributed by atoms with Gasteiger partial charge in [-0.25, -0.2) is 4.68 Å². The molecule has 2 aliphatic heterocycles. The van der Waals surface area contributed by atoms with Crippen LogP contribution in [0.5, 0.6) is 11.5 Å². The van der Waals surface area contributed by atoms with Gasteiger partial charge in [-0.05, 0) is 28.8 Å². The second-order valence-electron chi connectivity index (χ2n) is 11.1. The van der Waals surface area contributed by atoms with Crippen molar-refractivity contribution in [3.05, 3.63) is 106 Å². The van der Waals surface area contributed by atoms with Crippen molar-refractivity contribution in [1.82, 2.24) is 19.6 Å². The van der Waals surface area contributed by atoms with Gasteiger partial charge < -0.3 is 19.7 Å². The van der Waals surface area contributed by atoms with Gasteiger partial charge in [-0.3, -0.25) is 9.69 Å². The van der Waals surface area contributed by atoms with E-state index >= 15 is 0 Å². The zero-order valence-electron chi connectivity index (χ0n) is 24.8. The molecule has 1 saturated heterocycles. The van der Waals surface area contributed by atoms with Gasteiger partial charge in [-0.2, -0.15) is 18.3 Å². The molecule has 0 aliphatic carbocycles. The van der Waals surface area contributed by atoms with Crippen LogP contribution in [0.3, 0.4) is 0 Å². The fourth-order valence-corrected chi connectivity index (χ4v) is 6.49. The Labute approximate surface area is 264 Å². The first-order valence-electron chi connectivity index (χ1n) is 14.7. The number of carbonyl (C=O) groups excluding carboxylic acids is 1. The largest absolute Gasteiger partial charge is 0.493 e. The van der Waals surface area contributed by atoms with E-state index in [0.29, 0.717) is 43.2 Å². The summed E-state index contributed by atoms with van der Waals surface area (Å²) in [4.78, 5) is 17.6. The lowest BCUT2D eigenvalue weighted by Gasteiger charge is -2.39. The molecule has 1 aromatic heterocycles. The normalized spacial score (nSPS) is 18.8. The number of carbonyl (C=O) groups is 1. The number of nitrogens with one attached hydrogen (secondary N) is 1. The van der Waals surface area contributed by atoms with Gasteiger partial charge in [0.05, 0.1) is 26.3 Å². The van der Waals surface area contributed by atoms with E-state index in [9.17, 15) is 18.0 Å². The van der Waals surface area contributed by atoms with Crippen LogP contribution >= 0.6 is 11.6 Å². The van der Waals surface area contributed by atoms with Crippen molar-refractivity contribution in [1.29, 1.82) is 0 Å². The Morgan fingerprint density at radius 2 is 1.51 bits per heavy atom. The number of benzene rings is 3. The Hall–Kier alpha value is -4.22. The van der Waals surface area contributed by atoms with Crippen LogP contribution in [-0.4, -0.2) is 72.1 Å². The lowest BCUT2D eigenvalue weighted by Crippen LogP contribution is -2.50. The van der Waals surface area contributed by atoms with Crippen LogP contribution in [0.1, 0.15) is 51.7 Å². The third-order valence-corrected chi connectivity index (χ3v) is 8.86. The molecule has 236 valence electrons. The fraction of sp³-hybridized carbons (Fsp3) is 0.333. The lowest BCUT2D eigenvalue weighted by molar-refractivity contribution is -0.173. The lowest BCUT2D eigenvalue weighted by atomic mass is 9.96. The Morgan fingerprint density at radius 3 is 2.07 bits per heavy atom. The van der Waals surface area contributed by atoms with Crippen LogP contribution in [-0.2, 0) is 0 Å². The van der Waals surface area contributed by atoms with Gasteiger partial charge in [0.25, 0.3) is 5.91 Å². The summed E-state index contributed by atoms with van der Waals surface area (Å²) < 4.78 is 54.6. The number of aromatic nitrogens is 2. The monoisotopic (exact) mass is 639 g/mol. The molecule has 45 heavy (non-hydrogen) atoms. The Morgan fingerprint density at radius 1 is 0.911 bits per heavy atom. The van der Waals surface area contributed by atoms with Gasteiger partial charge in [-0.1, -0.05) is 78.3 Å². The van der Waals surface area contributed by atoms with E-state index in [2.05, 4.69) is 39.6 Å². The van der Waals surface area contributed by atoms with Crippen LogP contribution < -0.4 is 14.8 Å². The first kappa shape index (κ1) is 30.8. The number of piperazine rings is 1. The maximum absolute atomic E-state index is 14.4. The molecule has 4 aromatic rings. The summed E-state index contributed by atoms with van der Waals surface area (Å²) in [6.07, 6.45) is -4.98. The first-order valence-corrected chi connectivity index (χ1v) is 15.0. The van der Waals surface area contributed by atoms with Gasteiger partial charge >= 0.3 is 6.18 Å². The van der Waals surface area contributed by atoms with Crippen molar-refractivity contribution < 1.29 is 27.4 Å². The SMILES string of the molecule is COc1ccc([C@H]2C[C@H](C(F)(F)F)n3nc(C(=O)N4CCN(C(c5ccccc5)c5ccccc5)CC4)c(Cl)c3N2)cc1OC. The minimum atomic E-state index is -4.63. The van der Waals surface area contributed by atoms with Crippen LogP contribution in [0.2, 0.25) is 5.02 Å². The fourth-order valence-electron chi connectivity index (χ4n) is 6.23. The Bertz CT molecular complexity index is 1600. The highest BCUT2D eigenvalue weighted by molar-refractivity contribution is 6.36. The van der Waals surface area contributed by atoms with Crippen molar-refractivity contribution >= 4 is 23.3 Å². The van der Waals surface area contributed by atoms with E-state index in [0.717, 1.165) is 15.8 Å². The number of fused-ring (bicyclic) bond motifs is 1. The molecule has 0 spiro atoms. The molecule has 1 amide bonds. The van der Waals surface area contributed by atoms with Gasteiger partial charge in [0.15, 0.2) is 23.2 Å². The number of nitrogens with zero attached hydrogens (tertiary/aromatic N) is 4. The third-order valence-electron chi connectivity index (χ3n) is 8.51. The highest BCUT2D eigenvalue weighted by Crippen LogP contribution is 2.47. The second kappa shape index (κ2) is 12.6. The number of ether oxygens (including phenoxy) is 2. The summed E-state index contributed by atoms with van der Waals surface area (Å²) >= 11 is 6.65. The maximum Gasteiger partial charge on any atom is 0.410 e. The molecule has 1 N–H and O–H groups in total. The Balaban J connectivity index is 1.24. The number of hydrogen-bond donors (Lipinski definition) is 1. The summed E-state index contributed by atoms with van der Waals surface area (Å²) in [5, 5.41) is 7.14. The molecule has 8 nitrogen and oxygen atoms in total. The molecule has 0 saturated carbocycles. The molecule has 0 unspecified atom stereocenters. The summed E-state index contributed by atoms with van der Waals surface area (Å²) in [5.74, 6) is 0.310. The highest BCUT2D eigenvalue weighted by Gasteiger charge is 2.48. The molecule has 3 aromatic carbocycles. The van der Waals surface area contributed by atoms with E-state index in [-0.39, 0.29) is 29.0 Å². The molecule has 2 atom stereocenters. The average molecular weight is 640 g/mol. The number of halogens is 4. The van der Waals surface area contributed by atoms with Gasteiger partial charge in [0.1, 0.15) is 10.8 Å². The molecular formula is C33H33ClF3N5O3. The minimum Gasteiger partial charge on any atom is -0.493 e. The molecule has 6 rings (SSSR count). The molecule has 12 heteroatoms. The number of anilines is 1. The van der Waals surface area contributed by atoms with Crippen molar-refractivity contribution in [2.75, 3.05) is 45.7 Å². The third kappa shape index (κ3) is 6.06. The van der Waals surface area contributed by atoms with Gasteiger partial charge in [-0.15, -0.1) is 0 Å². The second-order valence-corrected chi connectivity index (χ2v) is 11.5. The quantitative estimate of drug-likeness (QED) is 0.241. The molecule has 0 radical (unpaired) electrons. The summed E-state index contributed by atoms with van der Waals surface area (Å²) in [6.45, 7) is 1.88. The van der Waals surface area contributed by atoms with Crippen molar-refractivity contribution in [2.45, 2.75) is 30.7 Å². The topological polar surface area (TPSA) is 71.9 Å². The zero-order valence-corrected chi connectivity index (χ0v) is 25.6. The maximum atomic E-state index is 14.4. The smallest absolute Gasteiger partial charge is 0.410 e. The minimum absolute atomic E-state index is 0.00147. The van der Waals surface area contributed by atoms with E-state index < -0.39 is 24.2 Å². The van der Waals surface area contributed by atoms with Crippen LogP contribution in [0.4, 0.5) is 19.0 Å². The number of alkyl halides is 3. The molecule has 1 fully saturated rings. The number of methoxy groups -OCH3 is 2. The van der Waals surface area contributed by atoms with E-state index in [1.807, 2.05) is 36.4 Å². The van der Waals surface area contributed by atoms with Crippen molar-refractivity contribution in [2.24, 2.45) is 0 Å². The number of amides is 1. The number of hydrogen-bond acceptors (Lipinski definition) is 6. The summed E-state index contributed by atoms with van der Waals surface area (Å²) in [7, 11) is 2.94. The van der Waals surface area contributed by atoms with E-state index in [4.69, 9.17) is 21.1 Å². The van der Waals surface area contributed by atoms with Crippen molar-refractivity contribution in [3.8, 4) is 11.5 Å². The summed E-state index contributed by atoms with van der Waals surface area (Å²) in [5.41, 5.74) is 2.64. The van der Waals surface area contributed by atoms with Crippen molar-refractivity contribution in [3.63, 3.8) is 0 Å². The van der Waals surface area contributed by atoms with Crippen LogP contribution in [0, 0.1) is 0 Å². The zero-order chi connectivity index (χ0) is 31.7. The van der Waals surface area contributed by atoms with E-state index in [1.165, 1.54) is 14.2 Å². The standard InChI is InChI=1S/C33H33ClF3N5O3/c1-44-25-14-13-23(19-26(25)45-2)24-20-27(33(35,36)37)42-31(38-24)28(34)29(39-42)32(43)41-17-15-40(16-18-41)30(21-9-5-3-6-10-21)22-11-7-4-8-12-22/h3-14,19,24,27,30,38H,15-18,20H2,1-2H3/t24-,27-/m1/s1.